The van der Waals surface area contributed by atoms with E-state index in [1.165, 1.54) is 4.88 Å². The molecule has 1 aliphatic rings. The van der Waals surface area contributed by atoms with Gasteiger partial charge < -0.3 is 14.5 Å². The quantitative estimate of drug-likeness (QED) is 0.450. The van der Waals surface area contributed by atoms with Crippen LogP contribution < -0.4 is 4.74 Å². The third-order valence-electron chi connectivity index (χ3n) is 5.90. The fraction of sp³-hybridized carbons (Fsp3) is 0.259. The van der Waals surface area contributed by atoms with Crippen molar-refractivity contribution in [3.8, 4) is 5.75 Å². The van der Waals surface area contributed by atoms with Crippen molar-refractivity contribution < 1.29 is 14.3 Å². The molecule has 170 valence electrons. The molecule has 1 aromatic heterocycles. The van der Waals surface area contributed by atoms with Crippen LogP contribution in [-0.2, 0) is 11.2 Å². The van der Waals surface area contributed by atoms with Crippen LogP contribution in [0.15, 0.2) is 78.7 Å². The maximum Gasteiger partial charge on any atom is 0.254 e. The molecule has 0 spiro atoms. The fourth-order valence-corrected chi connectivity index (χ4v) is 5.11. The molecule has 0 unspecified atom stereocenters. The normalized spacial score (nSPS) is 14.9. The summed E-state index contributed by atoms with van der Waals surface area (Å²) in [6.07, 6.45) is 2.47. The lowest BCUT2D eigenvalue weighted by molar-refractivity contribution is -0.135. The van der Waals surface area contributed by atoms with Gasteiger partial charge in [0.15, 0.2) is 0 Å². The van der Waals surface area contributed by atoms with Crippen LogP contribution in [0.4, 0.5) is 0 Å². The van der Waals surface area contributed by atoms with Gasteiger partial charge in [-0.05, 0) is 54.1 Å². The van der Waals surface area contributed by atoms with E-state index in [1.54, 1.807) is 28.4 Å². The molecule has 1 atom stereocenters. The molecule has 0 fully saturated rings. The van der Waals surface area contributed by atoms with Crippen molar-refractivity contribution in [3.63, 3.8) is 0 Å². The topological polar surface area (TPSA) is 49.9 Å². The number of para-hydroxylation sites is 1. The van der Waals surface area contributed by atoms with E-state index in [-0.39, 0.29) is 24.4 Å². The van der Waals surface area contributed by atoms with Crippen molar-refractivity contribution in [1.29, 1.82) is 0 Å². The lowest BCUT2D eigenvalue weighted by atomic mass is 10.00. The Kier molecular flexibility index (Phi) is 7.25. The summed E-state index contributed by atoms with van der Waals surface area (Å²) in [6, 6.07) is 19.0. The van der Waals surface area contributed by atoms with Gasteiger partial charge in [0, 0.05) is 23.5 Å². The van der Waals surface area contributed by atoms with Crippen LogP contribution in [0.5, 0.6) is 5.75 Å². The van der Waals surface area contributed by atoms with E-state index in [0.717, 1.165) is 23.3 Å². The first-order chi connectivity index (χ1) is 16.1. The average molecular weight is 461 g/mol. The third-order valence-corrected chi connectivity index (χ3v) is 6.90. The molecule has 6 heteroatoms. The Bertz CT molecular complexity index is 1130. The van der Waals surface area contributed by atoms with Crippen molar-refractivity contribution >= 4 is 23.2 Å². The van der Waals surface area contributed by atoms with E-state index in [1.807, 2.05) is 60.4 Å². The van der Waals surface area contributed by atoms with E-state index in [9.17, 15) is 9.59 Å². The third kappa shape index (κ3) is 5.17. The van der Waals surface area contributed by atoms with Crippen molar-refractivity contribution in [2.24, 2.45) is 0 Å². The summed E-state index contributed by atoms with van der Waals surface area (Å²) in [4.78, 5) is 31.4. The van der Waals surface area contributed by atoms with Crippen LogP contribution in [0.3, 0.4) is 0 Å². The zero-order chi connectivity index (χ0) is 23.2. The molecule has 0 saturated heterocycles. The fourth-order valence-electron chi connectivity index (χ4n) is 4.18. The lowest BCUT2D eigenvalue weighted by Gasteiger charge is -2.37. The highest BCUT2D eigenvalue weighted by molar-refractivity contribution is 7.10. The standard InChI is InChI=1S/C27H28N2O3S/c1-3-15-28(27(31)22-12-8-7-9-20(22)2)18-26(30)29-16-13-25-23(14-17-33-25)24(29)19-32-21-10-5-4-6-11-21/h3-12,14,17,24H,1,13,15-16,18-19H2,2H3/t24-/m1/s1. The van der Waals surface area contributed by atoms with Crippen LogP contribution >= 0.6 is 11.3 Å². The van der Waals surface area contributed by atoms with E-state index < -0.39 is 0 Å². The Morgan fingerprint density at radius 2 is 1.91 bits per heavy atom. The molecule has 0 aliphatic carbocycles. The van der Waals surface area contributed by atoms with E-state index in [0.29, 0.717) is 25.3 Å². The van der Waals surface area contributed by atoms with E-state index in [2.05, 4.69) is 18.0 Å². The van der Waals surface area contributed by atoms with Crippen molar-refractivity contribution in [3.05, 3.63) is 100 Å². The highest BCUT2D eigenvalue weighted by atomic mass is 32.1. The second-order valence-electron chi connectivity index (χ2n) is 8.07. The Morgan fingerprint density at radius 3 is 2.67 bits per heavy atom. The summed E-state index contributed by atoms with van der Waals surface area (Å²) in [5.74, 6) is 0.527. The number of hydrogen-bond acceptors (Lipinski definition) is 4. The monoisotopic (exact) mass is 460 g/mol. The molecule has 2 aromatic carbocycles. The molecule has 0 saturated carbocycles. The molecule has 5 nitrogen and oxygen atoms in total. The summed E-state index contributed by atoms with van der Waals surface area (Å²) in [7, 11) is 0. The summed E-state index contributed by atoms with van der Waals surface area (Å²) >= 11 is 1.72. The van der Waals surface area contributed by atoms with E-state index >= 15 is 0 Å². The molecule has 1 aliphatic heterocycles. The van der Waals surface area contributed by atoms with Gasteiger partial charge in [0.2, 0.25) is 5.91 Å². The first-order valence-electron chi connectivity index (χ1n) is 11.1. The number of carbonyl (C=O) groups is 2. The van der Waals surface area contributed by atoms with Gasteiger partial charge in [0.05, 0.1) is 6.04 Å². The Balaban J connectivity index is 1.53. The SMILES string of the molecule is C=CCN(CC(=O)N1CCc2sccc2[C@H]1COc1ccccc1)C(=O)c1ccccc1C. The van der Waals surface area contributed by atoms with E-state index in [4.69, 9.17) is 4.74 Å². The van der Waals surface area contributed by atoms with Gasteiger partial charge in [-0.25, -0.2) is 0 Å². The number of benzene rings is 2. The zero-order valence-corrected chi connectivity index (χ0v) is 19.6. The predicted octanol–water partition coefficient (Wildman–Crippen LogP) is 4.89. The predicted molar refractivity (Wildman–Crippen MR) is 132 cm³/mol. The number of amides is 2. The minimum Gasteiger partial charge on any atom is -0.491 e. The van der Waals surface area contributed by atoms with Crippen LogP contribution in [0.25, 0.3) is 0 Å². The lowest BCUT2D eigenvalue weighted by Crippen LogP contribution is -2.48. The van der Waals surface area contributed by atoms with Gasteiger partial charge in [-0.1, -0.05) is 42.5 Å². The Labute approximate surface area is 198 Å². The Morgan fingerprint density at radius 1 is 1.15 bits per heavy atom. The highest BCUT2D eigenvalue weighted by Crippen LogP contribution is 2.34. The number of carbonyl (C=O) groups excluding carboxylic acids is 2. The number of ether oxygens (including phenoxy) is 1. The van der Waals surface area contributed by atoms with Gasteiger partial charge in [-0.3, -0.25) is 9.59 Å². The molecule has 0 N–H and O–H groups in total. The maximum atomic E-state index is 13.5. The van der Waals surface area contributed by atoms with Crippen molar-refractivity contribution in [1.82, 2.24) is 9.80 Å². The first-order valence-corrected chi connectivity index (χ1v) is 12.0. The minimum absolute atomic E-state index is 0.000491. The summed E-state index contributed by atoms with van der Waals surface area (Å²) in [5, 5.41) is 2.07. The largest absolute Gasteiger partial charge is 0.491 e. The van der Waals surface area contributed by atoms with Crippen LogP contribution in [0, 0.1) is 6.92 Å². The minimum atomic E-state index is -0.188. The number of fused-ring (bicyclic) bond motifs is 1. The second-order valence-corrected chi connectivity index (χ2v) is 9.07. The Hall–Kier alpha value is -3.38. The van der Waals surface area contributed by atoms with Gasteiger partial charge in [0.25, 0.3) is 5.91 Å². The molecular formula is C27H28N2O3S. The van der Waals surface area contributed by atoms with Crippen LogP contribution in [0.2, 0.25) is 0 Å². The number of rotatable bonds is 8. The van der Waals surface area contributed by atoms with Gasteiger partial charge in [0.1, 0.15) is 18.9 Å². The summed E-state index contributed by atoms with van der Waals surface area (Å²) in [5.41, 5.74) is 2.63. The van der Waals surface area contributed by atoms with Crippen LogP contribution in [0.1, 0.15) is 32.4 Å². The molecule has 4 rings (SSSR count). The van der Waals surface area contributed by atoms with Crippen LogP contribution in [-0.4, -0.2) is 47.9 Å². The molecule has 0 bridgehead atoms. The number of aryl methyl sites for hydroxylation is 1. The number of hydrogen-bond donors (Lipinski definition) is 0. The average Bonchev–Trinajstić information content (AvgIpc) is 3.32. The van der Waals surface area contributed by atoms with Crippen molar-refractivity contribution in [2.75, 3.05) is 26.2 Å². The molecule has 2 heterocycles. The van der Waals surface area contributed by atoms with Crippen molar-refractivity contribution in [2.45, 2.75) is 19.4 Å². The first kappa shape index (κ1) is 22.8. The molecule has 2 amide bonds. The number of thiophene rings is 1. The second kappa shape index (κ2) is 10.5. The summed E-state index contributed by atoms with van der Waals surface area (Å²) < 4.78 is 6.05. The zero-order valence-electron chi connectivity index (χ0n) is 18.8. The molecule has 0 radical (unpaired) electrons. The maximum absolute atomic E-state index is 13.5. The molecular weight excluding hydrogens is 432 g/mol. The number of nitrogens with zero attached hydrogens (tertiary/aromatic N) is 2. The van der Waals surface area contributed by atoms with Gasteiger partial charge in [-0.15, -0.1) is 17.9 Å². The highest BCUT2D eigenvalue weighted by Gasteiger charge is 2.33. The molecule has 3 aromatic rings. The van der Waals surface area contributed by atoms with Gasteiger partial charge >= 0.3 is 0 Å². The smallest absolute Gasteiger partial charge is 0.254 e. The van der Waals surface area contributed by atoms with Gasteiger partial charge in [-0.2, -0.15) is 0 Å². The molecule has 33 heavy (non-hydrogen) atoms. The summed E-state index contributed by atoms with van der Waals surface area (Å²) in [6.45, 7) is 6.97.